The zero-order valence-electron chi connectivity index (χ0n) is 23.2. The Bertz CT molecular complexity index is 1200. The Hall–Kier alpha value is -3.79. The number of rotatable bonds is 8. The van der Waals surface area contributed by atoms with Gasteiger partial charge in [0, 0.05) is 17.3 Å². The van der Waals surface area contributed by atoms with E-state index in [1.807, 2.05) is 57.2 Å². The minimum absolute atomic E-state index is 0.164. The van der Waals surface area contributed by atoms with Crippen LogP contribution in [-0.2, 0) is 14.3 Å². The predicted octanol–water partition coefficient (Wildman–Crippen LogP) is 5.59. The van der Waals surface area contributed by atoms with Crippen molar-refractivity contribution in [3.8, 4) is 12.3 Å². The lowest BCUT2D eigenvalue weighted by Gasteiger charge is -2.44. The first kappa shape index (κ1) is 28.8. The van der Waals surface area contributed by atoms with Gasteiger partial charge in [-0.3, -0.25) is 9.59 Å². The Balaban J connectivity index is 2.07. The maximum Gasteiger partial charge on any atom is 0.408 e. The molecular formula is C31H39N3O4. The van der Waals surface area contributed by atoms with E-state index in [4.69, 9.17) is 11.2 Å². The molecule has 7 heteroatoms. The van der Waals surface area contributed by atoms with Crippen LogP contribution in [0.1, 0.15) is 76.6 Å². The SMILES string of the molecule is C#Cc1ccccc1C(C(=O)Nc1ccccc1C)N(C(=O)C(NC(=O)OC(C)(C)C)C(C)C)C1CCC1. The molecule has 0 aromatic heterocycles. The lowest BCUT2D eigenvalue weighted by atomic mass is 9.86. The third kappa shape index (κ3) is 6.95. The van der Waals surface area contributed by atoms with Crippen molar-refractivity contribution in [2.45, 2.75) is 84.5 Å². The Morgan fingerprint density at radius 3 is 2.24 bits per heavy atom. The molecule has 1 aliphatic rings. The summed E-state index contributed by atoms with van der Waals surface area (Å²) in [6.45, 7) is 10.9. The fourth-order valence-electron chi connectivity index (χ4n) is 4.49. The summed E-state index contributed by atoms with van der Waals surface area (Å²) < 4.78 is 5.44. The number of anilines is 1. The molecule has 3 rings (SSSR count). The molecule has 0 saturated heterocycles. The number of terminal acetylenes is 1. The van der Waals surface area contributed by atoms with Crippen LogP contribution in [0.2, 0.25) is 0 Å². The van der Waals surface area contributed by atoms with Crippen molar-refractivity contribution in [3.63, 3.8) is 0 Å². The Kier molecular flexibility index (Phi) is 9.22. The fraction of sp³-hybridized carbons (Fsp3) is 0.452. The van der Waals surface area contributed by atoms with E-state index in [-0.39, 0.29) is 23.8 Å². The van der Waals surface area contributed by atoms with Gasteiger partial charge in [-0.2, -0.15) is 0 Å². The molecule has 1 saturated carbocycles. The van der Waals surface area contributed by atoms with Gasteiger partial charge in [0.1, 0.15) is 17.7 Å². The first-order chi connectivity index (χ1) is 17.9. The van der Waals surface area contributed by atoms with Crippen LogP contribution >= 0.6 is 0 Å². The molecule has 2 N–H and O–H groups in total. The summed E-state index contributed by atoms with van der Waals surface area (Å²) in [4.78, 5) is 42.7. The van der Waals surface area contributed by atoms with Crippen LogP contribution < -0.4 is 10.6 Å². The van der Waals surface area contributed by atoms with E-state index in [1.165, 1.54) is 0 Å². The second kappa shape index (κ2) is 12.2. The Morgan fingerprint density at radius 2 is 1.68 bits per heavy atom. The lowest BCUT2D eigenvalue weighted by molar-refractivity contribution is -0.146. The molecule has 7 nitrogen and oxygen atoms in total. The highest BCUT2D eigenvalue weighted by Gasteiger charge is 2.43. The van der Waals surface area contributed by atoms with Gasteiger partial charge in [0.15, 0.2) is 0 Å². The summed E-state index contributed by atoms with van der Waals surface area (Å²) in [5.74, 6) is 1.73. The molecule has 0 bridgehead atoms. The average Bonchev–Trinajstić information content (AvgIpc) is 2.81. The molecular weight excluding hydrogens is 478 g/mol. The highest BCUT2D eigenvalue weighted by Crippen LogP contribution is 2.36. The molecule has 0 heterocycles. The van der Waals surface area contributed by atoms with Gasteiger partial charge in [0.25, 0.3) is 5.91 Å². The number of carbonyl (C=O) groups excluding carboxylic acids is 3. The first-order valence-corrected chi connectivity index (χ1v) is 13.2. The van der Waals surface area contributed by atoms with E-state index in [1.54, 1.807) is 37.8 Å². The normalized spacial score (nSPS) is 15.0. The van der Waals surface area contributed by atoms with Gasteiger partial charge >= 0.3 is 6.09 Å². The van der Waals surface area contributed by atoms with Crippen molar-refractivity contribution in [1.82, 2.24) is 10.2 Å². The second-order valence-corrected chi connectivity index (χ2v) is 11.1. The maximum absolute atomic E-state index is 14.3. The second-order valence-electron chi connectivity index (χ2n) is 11.1. The van der Waals surface area contributed by atoms with Gasteiger partial charge in [-0.1, -0.05) is 56.2 Å². The molecule has 2 aromatic rings. The number of benzene rings is 2. The zero-order valence-corrected chi connectivity index (χ0v) is 23.2. The van der Waals surface area contributed by atoms with E-state index >= 15 is 0 Å². The van der Waals surface area contributed by atoms with Gasteiger partial charge in [0.2, 0.25) is 5.91 Å². The highest BCUT2D eigenvalue weighted by atomic mass is 16.6. The number of alkyl carbamates (subject to hydrolysis) is 1. The predicted molar refractivity (Wildman–Crippen MR) is 149 cm³/mol. The Labute approximate surface area is 226 Å². The van der Waals surface area contributed by atoms with Crippen LogP contribution in [0.3, 0.4) is 0 Å². The van der Waals surface area contributed by atoms with Gasteiger partial charge in [0.05, 0.1) is 0 Å². The summed E-state index contributed by atoms with van der Waals surface area (Å²) in [6.07, 6.45) is 7.63. The summed E-state index contributed by atoms with van der Waals surface area (Å²) in [5.41, 5.74) is 1.95. The van der Waals surface area contributed by atoms with Gasteiger partial charge < -0.3 is 20.3 Å². The molecule has 202 valence electrons. The topological polar surface area (TPSA) is 87.7 Å². The number of nitrogens with one attached hydrogen (secondary N) is 2. The number of para-hydroxylation sites is 1. The number of carbonyl (C=O) groups is 3. The summed E-state index contributed by atoms with van der Waals surface area (Å²) in [7, 11) is 0. The van der Waals surface area contributed by atoms with E-state index in [2.05, 4.69) is 16.6 Å². The van der Waals surface area contributed by atoms with Crippen molar-refractivity contribution in [2.75, 3.05) is 5.32 Å². The molecule has 0 radical (unpaired) electrons. The lowest BCUT2D eigenvalue weighted by Crippen LogP contribution is -2.58. The number of hydrogen-bond acceptors (Lipinski definition) is 4. The highest BCUT2D eigenvalue weighted by molar-refractivity contribution is 6.00. The van der Waals surface area contributed by atoms with Gasteiger partial charge in [-0.25, -0.2) is 4.79 Å². The van der Waals surface area contributed by atoms with Crippen LogP contribution in [0, 0.1) is 25.2 Å². The van der Waals surface area contributed by atoms with Crippen LogP contribution in [0.4, 0.5) is 10.5 Å². The molecule has 0 spiro atoms. The maximum atomic E-state index is 14.3. The van der Waals surface area contributed by atoms with Crippen molar-refractivity contribution in [1.29, 1.82) is 0 Å². The molecule has 2 atom stereocenters. The van der Waals surface area contributed by atoms with Gasteiger partial charge in [-0.05, 0) is 76.1 Å². The molecule has 2 aromatic carbocycles. The summed E-state index contributed by atoms with van der Waals surface area (Å²) in [5, 5.41) is 5.79. The molecule has 0 aliphatic heterocycles. The third-order valence-corrected chi connectivity index (χ3v) is 6.67. The zero-order chi connectivity index (χ0) is 28.0. The molecule has 1 fully saturated rings. The van der Waals surface area contributed by atoms with Crippen LogP contribution in [0.5, 0.6) is 0 Å². The molecule has 3 amide bonds. The van der Waals surface area contributed by atoms with Crippen molar-refractivity contribution >= 4 is 23.6 Å². The molecule has 2 unspecified atom stereocenters. The number of aryl methyl sites for hydroxylation is 1. The van der Waals surface area contributed by atoms with E-state index in [0.717, 1.165) is 24.8 Å². The third-order valence-electron chi connectivity index (χ3n) is 6.67. The largest absolute Gasteiger partial charge is 0.444 e. The number of hydrogen-bond donors (Lipinski definition) is 2. The average molecular weight is 518 g/mol. The van der Waals surface area contributed by atoms with Crippen molar-refractivity contribution < 1.29 is 19.1 Å². The minimum Gasteiger partial charge on any atom is -0.444 e. The van der Waals surface area contributed by atoms with Crippen LogP contribution in [-0.4, -0.2) is 40.5 Å². The van der Waals surface area contributed by atoms with Gasteiger partial charge in [-0.15, -0.1) is 6.42 Å². The van der Waals surface area contributed by atoms with Crippen LogP contribution in [0.15, 0.2) is 48.5 Å². The smallest absolute Gasteiger partial charge is 0.408 e. The summed E-state index contributed by atoms with van der Waals surface area (Å²) >= 11 is 0. The van der Waals surface area contributed by atoms with Crippen LogP contribution in [0.25, 0.3) is 0 Å². The standard InChI is InChI=1S/C31H39N3O4/c1-8-22-15-10-11-18-24(22)27(28(35)32-25-19-12-9-14-21(25)4)34(23-16-13-17-23)29(36)26(20(2)3)33-30(37)38-31(5,6)7/h1,9-12,14-15,18-20,23,26-27H,13,16-17H2,2-7H3,(H,32,35)(H,33,37). The van der Waals surface area contributed by atoms with E-state index < -0.39 is 23.8 Å². The monoisotopic (exact) mass is 517 g/mol. The first-order valence-electron chi connectivity index (χ1n) is 13.2. The van der Waals surface area contributed by atoms with E-state index in [9.17, 15) is 14.4 Å². The van der Waals surface area contributed by atoms with Crippen molar-refractivity contribution in [3.05, 3.63) is 65.2 Å². The number of amides is 3. The Morgan fingerprint density at radius 1 is 1.05 bits per heavy atom. The molecule has 1 aliphatic carbocycles. The minimum atomic E-state index is -0.985. The summed E-state index contributed by atoms with van der Waals surface area (Å²) in [6, 6.07) is 12.6. The van der Waals surface area contributed by atoms with Crippen molar-refractivity contribution in [2.24, 2.45) is 5.92 Å². The number of nitrogens with zero attached hydrogens (tertiary/aromatic N) is 1. The fourth-order valence-corrected chi connectivity index (χ4v) is 4.49. The number of ether oxygens (including phenoxy) is 1. The quantitative estimate of drug-likeness (QED) is 0.447. The molecule has 38 heavy (non-hydrogen) atoms. The van der Waals surface area contributed by atoms with E-state index in [0.29, 0.717) is 16.8 Å².